The molecule has 0 aliphatic rings. The van der Waals surface area contributed by atoms with Crippen LogP contribution in [0.15, 0.2) is 18.5 Å². The van der Waals surface area contributed by atoms with E-state index in [0.717, 1.165) is 5.56 Å². The van der Waals surface area contributed by atoms with Gasteiger partial charge in [0.1, 0.15) is 11.3 Å². The molecule has 2 rings (SSSR count). The molecule has 0 atom stereocenters. The lowest BCUT2D eigenvalue weighted by atomic mass is 10.2. The average molecular weight is 179 g/mol. The molecule has 0 amide bonds. The third kappa shape index (κ3) is 1.10. The highest BCUT2D eigenvalue weighted by Gasteiger charge is 2.08. The van der Waals surface area contributed by atoms with Crippen molar-refractivity contribution in [2.75, 3.05) is 0 Å². The summed E-state index contributed by atoms with van der Waals surface area (Å²) in [5.41, 5.74) is 7.55. The van der Waals surface area contributed by atoms with Crippen LogP contribution >= 0.6 is 0 Å². The van der Waals surface area contributed by atoms with Crippen LogP contribution in [0, 0.1) is 5.82 Å². The molecule has 0 spiro atoms. The number of fused-ring (bicyclic) bond motifs is 1. The molecule has 4 heteroatoms. The van der Waals surface area contributed by atoms with E-state index >= 15 is 0 Å². The second kappa shape index (κ2) is 2.81. The Balaban J connectivity index is 2.87. The van der Waals surface area contributed by atoms with E-state index in [1.807, 2.05) is 0 Å². The zero-order valence-electron chi connectivity index (χ0n) is 7.29. The summed E-state index contributed by atoms with van der Waals surface area (Å²) < 4.78 is 15.0. The Bertz CT molecular complexity index is 447. The largest absolute Gasteiger partial charge is 0.331 e. The van der Waals surface area contributed by atoms with E-state index in [2.05, 4.69) is 4.98 Å². The molecule has 13 heavy (non-hydrogen) atoms. The van der Waals surface area contributed by atoms with Gasteiger partial charge >= 0.3 is 0 Å². The number of hydrogen-bond donors (Lipinski definition) is 1. The molecule has 0 radical (unpaired) electrons. The van der Waals surface area contributed by atoms with Gasteiger partial charge < -0.3 is 10.3 Å². The number of halogens is 1. The highest BCUT2D eigenvalue weighted by atomic mass is 19.1. The zero-order valence-corrected chi connectivity index (χ0v) is 7.29. The SMILES string of the molecule is Cn1cnc2c(CN)ccc(F)c21. The van der Waals surface area contributed by atoms with Gasteiger partial charge in [0.2, 0.25) is 0 Å². The third-order valence-electron chi connectivity index (χ3n) is 2.12. The number of hydrogen-bond acceptors (Lipinski definition) is 2. The quantitative estimate of drug-likeness (QED) is 0.714. The van der Waals surface area contributed by atoms with Gasteiger partial charge in [-0.05, 0) is 11.6 Å². The van der Waals surface area contributed by atoms with Gasteiger partial charge in [0.25, 0.3) is 0 Å². The molecule has 0 saturated heterocycles. The van der Waals surface area contributed by atoms with Crippen molar-refractivity contribution in [1.29, 1.82) is 0 Å². The first kappa shape index (κ1) is 8.19. The predicted octanol–water partition coefficient (Wildman–Crippen LogP) is 1.17. The van der Waals surface area contributed by atoms with E-state index < -0.39 is 0 Å². The van der Waals surface area contributed by atoms with Gasteiger partial charge in [-0.3, -0.25) is 0 Å². The topological polar surface area (TPSA) is 43.8 Å². The summed E-state index contributed by atoms with van der Waals surface area (Å²) in [6, 6.07) is 3.09. The van der Waals surface area contributed by atoms with Gasteiger partial charge in [-0.25, -0.2) is 9.37 Å². The lowest BCUT2D eigenvalue weighted by Gasteiger charge is -2.00. The maximum atomic E-state index is 13.3. The molecule has 0 saturated carbocycles. The lowest BCUT2D eigenvalue weighted by Crippen LogP contribution is -1.98. The van der Waals surface area contributed by atoms with Crippen molar-refractivity contribution in [2.45, 2.75) is 6.54 Å². The molecule has 0 aliphatic heterocycles. The Kier molecular flexibility index (Phi) is 1.77. The molecule has 68 valence electrons. The molecule has 3 nitrogen and oxygen atoms in total. The number of benzene rings is 1. The van der Waals surface area contributed by atoms with Crippen molar-refractivity contribution in [2.24, 2.45) is 12.8 Å². The van der Waals surface area contributed by atoms with Crippen molar-refractivity contribution in [3.8, 4) is 0 Å². The summed E-state index contributed by atoms with van der Waals surface area (Å²) in [6.07, 6.45) is 1.59. The first-order valence-electron chi connectivity index (χ1n) is 4.02. The fraction of sp³-hybridized carbons (Fsp3) is 0.222. The molecule has 1 heterocycles. The van der Waals surface area contributed by atoms with Crippen LogP contribution in [-0.4, -0.2) is 9.55 Å². The number of rotatable bonds is 1. The fourth-order valence-electron chi connectivity index (χ4n) is 1.44. The summed E-state index contributed by atoms with van der Waals surface area (Å²) in [6.45, 7) is 0.383. The Labute approximate surface area is 75.0 Å². The summed E-state index contributed by atoms with van der Waals surface area (Å²) >= 11 is 0. The number of aryl methyl sites for hydroxylation is 1. The van der Waals surface area contributed by atoms with Gasteiger partial charge in [-0.1, -0.05) is 6.07 Å². The minimum atomic E-state index is -0.257. The summed E-state index contributed by atoms with van der Waals surface area (Å²) in [5.74, 6) is -0.257. The van der Waals surface area contributed by atoms with Crippen LogP contribution < -0.4 is 5.73 Å². The normalized spacial score (nSPS) is 11.0. The molecular formula is C9H10FN3. The van der Waals surface area contributed by atoms with Crippen LogP contribution in [0.25, 0.3) is 11.0 Å². The number of nitrogens with zero attached hydrogens (tertiary/aromatic N) is 2. The molecule has 0 aliphatic carbocycles. The van der Waals surface area contributed by atoms with E-state index in [1.165, 1.54) is 6.07 Å². The first-order valence-corrected chi connectivity index (χ1v) is 4.02. The molecule has 2 N–H and O–H groups in total. The molecule has 0 bridgehead atoms. The highest BCUT2D eigenvalue weighted by molar-refractivity contribution is 5.79. The second-order valence-corrected chi connectivity index (χ2v) is 2.96. The van der Waals surface area contributed by atoms with Crippen LogP contribution in [0.3, 0.4) is 0 Å². The van der Waals surface area contributed by atoms with Gasteiger partial charge in [0.05, 0.1) is 11.8 Å². The minimum absolute atomic E-state index is 0.257. The zero-order chi connectivity index (χ0) is 9.42. The molecule has 1 aromatic carbocycles. The number of aromatic nitrogens is 2. The van der Waals surface area contributed by atoms with Crippen LogP contribution in [-0.2, 0) is 13.6 Å². The summed E-state index contributed by atoms with van der Waals surface area (Å²) in [5, 5.41) is 0. The van der Waals surface area contributed by atoms with Crippen LogP contribution in [0.4, 0.5) is 4.39 Å². The maximum Gasteiger partial charge on any atom is 0.149 e. The molecule has 2 aromatic rings. The third-order valence-corrected chi connectivity index (χ3v) is 2.12. The highest BCUT2D eigenvalue weighted by Crippen LogP contribution is 2.19. The summed E-state index contributed by atoms with van der Waals surface area (Å²) in [4.78, 5) is 4.09. The van der Waals surface area contributed by atoms with Gasteiger partial charge in [-0.2, -0.15) is 0 Å². The molecule has 0 fully saturated rings. The van der Waals surface area contributed by atoms with Crippen molar-refractivity contribution in [1.82, 2.24) is 9.55 Å². The lowest BCUT2D eigenvalue weighted by molar-refractivity contribution is 0.631. The van der Waals surface area contributed by atoms with Gasteiger partial charge in [0, 0.05) is 13.6 Å². The average Bonchev–Trinajstić information content (AvgIpc) is 2.50. The van der Waals surface area contributed by atoms with Crippen molar-refractivity contribution in [3.63, 3.8) is 0 Å². The predicted molar refractivity (Wildman–Crippen MR) is 48.6 cm³/mol. The van der Waals surface area contributed by atoms with Crippen molar-refractivity contribution >= 4 is 11.0 Å². The number of nitrogens with two attached hydrogens (primary N) is 1. The Morgan fingerprint density at radius 3 is 3.00 bits per heavy atom. The van der Waals surface area contributed by atoms with Crippen LogP contribution in [0.2, 0.25) is 0 Å². The van der Waals surface area contributed by atoms with Gasteiger partial charge in [0.15, 0.2) is 0 Å². The number of imidazole rings is 1. The Morgan fingerprint density at radius 2 is 2.31 bits per heavy atom. The molecule has 1 aromatic heterocycles. The fourth-order valence-corrected chi connectivity index (χ4v) is 1.44. The second-order valence-electron chi connectivity index (χ2n) is 2.96. The summed E-state index contributed by atoms with van der Waals surface area (Å²) in [7, 11) is 1.76. The molecular weight excluding hydrogens is 169 g/mol. The van der Waals surface area contributed by atoms with Gasteiger partial charge in [-0.15, -0.1) is 0 Å². The first-order chi connectivity index (χ1) is 6.24. The minimum Gasteiger partial charge on any atom is -0.331 e. The maximum absolute atomic E-state index is 13.3. The van der Waals surface area contributed by atoms with Crippen LogP contribution in [0.5, 0.6) is 0 Å². The van der Waals surface area contributed by atoms with E-state index in [0.29, 0.717) is 17.6 Å². The van der Waals surface area contributed by atoms with Crippen LogP contribution in [0.1, 0.15) is 5.56 Å². The standard InChI is InChI=1S/C9H10FN3/c1-13-5-12-8-6(4-11)2-3-7(10)9(8)13/h2-3,5H,4,11H2,1H3. The van der Waals surface area contributed by atoms with E-state index in [1.54, 1.807) is 24.0 Å². The Morgan fingerprint density at radius 1 is 1.54 bits per heavy atom. The smallest absolute Gasteiger partial charge is 0.149 e. The van der Waals surface area contributed by atoms with E-state index in [4.69, 9.17) is 5.73 Å². The monoisotopic (exact) mass is 179 g/mol. The Hall–Kier alpha value is -1.42. The van der Waals surface area contributed by atoms with Crippen molar-refractivity contribution < 1.29 is 4.39 Å². The molecule has 0 unspecified atom stereocenters. The van der Waals surface area contributed by atoms with E-state index in [-0.39, 0.29) is 5.82 Å². The van der Waals surface area contributed by atoms with E-state index in [9.17, 15) is 4.39 Å². The van der Waals surface area contributed by atoms with Crippen molar-refractivity contribution in [3.05, 3.63) is 29.8 Å².